The monoisotopic (exact) mass is 240 g/mol. The van der Waals surface area contributed by atoms with Gasteiger partial charge in [-0.05, 0) is 24.4 Å². The molecule has 0 bridgehead atoms. The van der Waals surface area contributed by atoms with Crippen LogP contribution in [0.3, 0.4) is 0 Å². The van der Waals surface area contributed by atoms with Gasteiger partial charge in [-0.15, -0.1) is 0 Å². The third kappa shape index (κ3) is 3.17. The zero-order valence-electron chi connectivity index (χ0n) is 7.95. The number of nitro benzene ring substituents is 1. The quantitative estimate of drug-likeness (QED) is 0.306. The molecule has 0 atom stereocenters. The molecule has 0 saturated carbocycles. The molecule has 16 heavy (non-hydrogen) atoms. The number of nitrogens with two attached hydrogens (primary N) is 1. The van der Waals surface area contributed by atoms with Gasteiger partial charge in [0.25, 0.3) is 0 Å². The molecule has 1 aromatic rings. The standard InChI is InChI=1S/C8H8N4O3S/c9-8(16)11-10-4-5-1-2-7(13)6(3-5)12(14)15/h1-4,13H,(H3,9,11,16). The minimum absolute atomic E-state index is 0.00970. The number of hydrazone groups is 1. The molecule has 0 aliphatic heterocycles. The third-order valence-electron chi connectivity index (χ3n) is 1.58. The Hall–Kier alpha value is -2.22. The van der Waals surface area contributed by atoms with E-state index in [-0.39, 0.29) is 10.8 Å². The summed E-state index contributed by atoms with van der Waals surface area (Å²) >= 11 is 4.50. The molecule has 0 spiro atoms. The second-order valence-electron chi connectivity index (χ2n) is 2.74. The molecule has 0 amide bonds. The van der Waals surface area contributed by atoms with Crippen molar-refractivity contribution in [1.82, 2.24) is 5.43 Å². The van der Waals surface area contributed by atoms with Crippen molar-refractivity contribution >= 4 is 29.2 Å². The lowest BCUT2D eigenvalue weighted by molar-refractivity contribution is -0.385. The topological polar surface area (TPSA) is 114 Å². The van der Waals surface area contributed by atoms with E-state index in [0.29, 0.717) is 5.56 Å². The van der Waals surface area contributed by atoms with E-state index < -0.39 is 10.7 Å². The Kier molecular flexibility index (Phi) is 3.72. The number of benzene rings is 1. The van der Waals surface area contributed by atoms with Gasteiger partial charge in [-0.25, -0.2) is 0 Å². The van der Waals surface area contributed by atoms with Gasteiger partial charge < -0.3 is 10.8 Å². The molecule has 1 rings (SSSR count). The summed E-state index contributed by atoms with van der Waals surface area (Å²) in [6.07, 6.45) is 1.30. The fourth-order valence-corrected chi connectivity index (χ4v) is 0.990. The number of phenols is 1. The number of nitrogens with zero attached hydrogens (tertiary/aromatic N) is 2. The SMILES string of the molecule is NC(=S)NN=Cc1ccc(O)c([N+](=O)[O-])c1. The number of aromatic hydroxyl groups is 1. The fourth-order valence-electron chi connectivity index (χ4n) is 0.937. The van der Waals surface area contributed by atoms with Crippen molar-refractivity contribution in [2.24, 2.45) is 10.8 Å². The summed E-state index contributed by atoms with van der Waals surface area (Å²) < 4.78 is 0. The maximum Gasteiger partial charge on any atom is 0.311 e. The second kappa shape index (κ2) is 5.03. The van der Waals surface area contributed by atoms with Crippen molar-refractivity contribution in [1.29, 1.82) is 0 Å². The number of rotatable bonds is 3. The van der Waals surface area contributed by atoms with E-state index in [1.807, 2.05) is 0 Å². The molecule has 8 heteroatoms. The summed E-state index contributed by atoms with van der Waals surface area (Å²) in [5.74, 6) is -0.399. The van der Waals surface area contributed by atoms with Crippen molar-refractivity contribution in [3.05, 3.63) is 33.9 Å². The van der Waals surface area contributed by atoms with Gasteiger partial charge in [-0.2, -0.15) is 5.10 Å². The summed E-state index contributed by atoms with van der Waals surface area (Å²) in [6, 6.07) is 3.85. The maximum absolute atomic E-state index is 10.5. The van der Waals surface area contributed by atoms with Crippen LogP contribution >= 0.6 is 12.2 Å². The van der Waals surface area contributed by atoms with E-state index in [1.165, 1.54) is 24.4 Å². The fraction of sp³-hybridized carbons (Fsp3) is 0. The molecule has 0 fully saturated rings. The van der Waals surface area contributed by atoms with Crippen LogP contribution in [0.4, 0.5) is 5.69 Å². The normalized spacial score (nSPS) is 10.2. The molecule has 7 nitrogen and oxygen atoms in total. The maximum atomic E-state index is 10.5. The van der Waals surface area contributed by atoms with Gasteiger partial charge in [-0.1, -0.05) is 0 Å². The average Bonchev–Trinajstić information content (AvgIpc) is 2.19. The third-order valence-corrected chi connectivity index (χ3v) is 1.68. The first-order valence-corrected chi connectivity index (χ1v) is 4.47. The Balaban J connectivity index is 2.91. The van der Waals surface area contributed by atoms with Crippen LogP contribution in [0.15, 0.2) is 23.3 Å². The smallest absolute Gasteiger partial charge is 0.311 e. The van der Waals surface area contributed by atoms with Crippen LogP contribution in [0.1, 0.15) is 5.56 Å². The molecule has 1 aromatic carbocycles. The van der Waals surface area contributed by atoms with E-state index >= 15 is 0 Å². The van der Waals surface area contributed by atoms with Crippen molar-refractivity contribution in [2.75, 3.05) is 0 Å². The predicted molar refractivity (Wildman–Crippen MR) is 62.3 cm³/mol. The molecule has 0 aliphatic rings. The molecule has 0 aromatic heterocycles. The van der Waals surface area contributed by atoms with E-state index in [4.69, 9.17) is 5.73 Å². The molecular formula is C8H8N4O3S. The zero-order valence-corrected chi connectivity index (χ0v) is 8.77. The molecular weight excluding hydrogens is 232 g/mol. The van der Waals surface area contributed by atoms with Gasteiger partial charge in [-0.3, -0.25) is 15.5 Å². The molecule has 0 radical (unpaired) electrons. The first-order valence-electron chi connectivity index (χ1n) is 4.06. The summed E-state index contributed by atoms with van der Waals surface area (Å²) in [6.45, 7) is 0. The number of phenolic OH excluding ortho intramolecular Hbond substituents is 1. The molecule has 0 heterocycles. The zero-order chi connectivity index (χ0) is 12.1. The number of hydrogen-bond acceptors (Lipinski definition) is 5. The average molecular weight is 240 g/mol. The summed E-state index contributed by atoms with van der Waals surface area (Å²) in [4.78, 5) is 9.81. The van der Waals surface area contributed by atoms with Crippen molar-refractivity contribution < 1.29 is 10.0 Å². The number of thiocarbonyl (C=S) groups is 1. The summed E-state index contributed by atoms with van der Waals surface area (Å²) in [7, 11) is 0. The first-order chi connectivity index (χ1) is 7.50. The highest BCUT2D eigenvalue weighted by Gasteiger charge is 2.12. The van der Waals surface area contributed by atoms with Crippen LogP contribution in [0.25, 0.3) is 0 Å². The lowest BCUT2D eigenvalue weighted by Crippen LogP contribution is -2.23. The van der Waals surface area contributed by atoms with Crippen LogP contribution < -0.4 is 11.2 Å². The minimum atomic E-state index is -0.687. The number of nitro groups is 1. The van der Waals surface area contributed by atoms with Crippen LogP contribution in [-0.2, 0) is 0 Å². The highest BCUT2D eigenvalue weighted by atomic mass is 32.1. The van der Waals surface area contributed by atoms with Crippen LogP contribution in [0.2, 0.25) is 0 Å². The molecule has 0 unspecified atom stereocenters. The van der Waals surface area contributed by atoms with Gasteiger partial charge in [0.15, 0.2) is 10.9 Å². The summed E-state index contributed by atoms with van der Waals surface area (Å²) in [5, 5.41) is 23.3. The van der Waals surface area contributed by atoms with Gasteiger partial charge in [0, 0.05) is 11.6 Å². The molecule has 0 saturated heterocycles. The van der Waals surface area contributed by atoms with Crippen LogP contribution in [-0.4, -0.2) is 21.4 Å². The predicted octanol–water partition coefficient (Wildman–Crippen LogP) is 0.468. The highest BCUT2D eigenvalue weighted by molar-refractivity contribution is 7.80. The van der Waals surface area contributed by atoms with Crippen LogP contribution in [0, 0.1) is 10.1 Å². The minimum Gasteiger partial charge on any atom is -0.502 e. The van der Waals surface area contributed by atoms with Crippen molar-refractivity contribution in [2.45, 2.75) is 0 Å². The van der Waals surface area contributed by atoms with Gasteiger partial charge in [0.2, 0.25) is 0 Å². The molecule has 0 aliphatic carbocycles. The van der Waals surface area contributed by atoms with E-state index in [9.17, 15) is 15.2 Å². The van der Waals surface area contributed by atoms with Crippen LogP contribution in [0.5, 0.6) is 5.75 Å². The Morgan fingerprint density at radius 1 is 1.69 bits per heavy atom. The van der Waals surface area contributed by atoms with E-state index in [1.54, 1.807) is 0 Å². The Bertz CT molecular complexity index is 461. The first kappa shape index (κ1) is 11.9. The lowest BCUT2D eigenvalue weighted by atomic mass is 10.2. The van der Waals surface area contributed by atoms with E-state index in [2.05, 4.69) is 22.7 Å². The summed E-state index contributed by atoms with van der Waals surface area (Å²) in [5.41, 5.74) is 7.47. The van der Waals surface area contributed by atoms with Crippen molar-refractivity contribution in [3.8, 4) is 5.75 Å². The Morgan fingerprint density at radius 3 is 2.94 bits per heavy atom. The van der Waals surface area contributed by atoms with Gasteiger partial charge >= 0.3 is 5.69 Å². The molecule has 84 valence electrons. The number of hydrogen-bond donors (Lipinski definition) is 3. The van der Waals surface area contributed by atoms with Crippen molar-refractivity contribution in [3.63, 3.8) is 0 Å². The Labute approximate surface area is 95.7 Å². The van der Waals surface area contributed by atoms with Gasteiger partial charge in [0.1, 0.15) is 0 Å². The largest absolute Gasteiger partial charge is 0.502 e. The highest BCUT2D eigenvalue weighted by Crippen LogP contribution is 2.25. The van der Waals surface area contributed by atoms with E-state index in [0.717, 1.165) is 0 Å². The molecule has 4 N–H and O–H groups in total. The number of nitrogens with one attached hydrogen (secondary N) is 1. The lowest BCUT2D eigenvalue weighted by Gasteiger charge is -1.97. The second-order valence-corrected chi connectivity index (χ2v) is 3.18. The van der Waals surface area contributed by atoms with Gasteiger partial charge in [0.05, 0.1) is 11.1 Å². The Morgan fingerprint density at radius 2 is 2.38 bits per heavy atom.